The predicted octanol–water partition coefficient (Wildman–Crippen LogP) is -0.794. The Morgan fingerprint density at radius 2 is 2.05 bits per heavy atom. The van der Waals surface area contributed by atoms with Gasteiger partial charge in [0.25, 0.3) is 0 Å². The molecule has 2 rings (SSSR count). The number of carbonyl (C=O) groups is 1. The fourth-order valence-corrected chi connectivity index (χ4v) is 4.71. The Morgan fingerprint density at radius 3 is 2.65 bits per heavy atom. The second-order valence-electron chi connectivity index (χ2n) is 6.49. The summed E-state index contributed by atoms with van der Waals surface area (Å²) in [5.74, 6) is 0.631. The minimum absolute atomic E-state index is 0.0351. The lowest BCUT2D eigenvalue weighted by Gasteiger charge is -2.35. The quantitative estimate of drug-likeness (QED) is 0.670. The van der Waals surface area contributed by atoms with E-state index in [0.717, 1.165) is 19.6 Å². The van der Waals surface area contributed by atoms with Crippen LogP contribution in [-0.2, 0) is 14.6 Å². The zero-order chi connectivity index (χ0) is 15.0. The molecule has 2 aliphatic rings. The molecule has 0 radical (unpaired) electrons. The number of rotatable bonds is 6. The fraction of sp³-hybridized carbons (Fsp3) is 0.923. The molecule has 2 atom stereocenters. The third kappa shape index (κ3) is 3.32. The molecule has 1 amide bonds. The minimum atomic E-state index is -3.20. The highest BCUT2D eigenvalue weighted by Crippen LogP contribution is 2.40. The van der Waals surface area contributed by atoms with E-state index >= 15 is 0 Å². The van der Waals surface area contributed by atoms with Crippen molar-refractivity contribution < 1.29 is 13.2 Å². The van der Waals surface area contributed by atoms with Crippen LogP contribution >= 0.6 is 0 Å². The van der Waals surface area contributed by atoms with Crippen LogP contribution in [0.3, 0.4) is 0 Å². The predicted molar refractivity (Wildman–Crippen MR) is 78.0 cm³/mol. The monoisotopic (exact) mass is 303 g/mol. The highest BCUT2D eigenvalue weighted by Gasteiger charge is 2.49. The van der Waals surface area contributed by atoms with Gasteiger partial charge in [0, 0.05) is 31.6 Å². The molecule has 7 heteroatoms. The van der Waals surface area contributed by atoms with Gasteiger partial charge in [0.05, 0.1) is 11.5 Å². The van der Waals surface area contributed by atoms with Gasteiger partial charge in [-0.2, -0.15) is 0 Å². The molecular formula is C13H25N3O3S. The molecule has 2 unspecified atom stereocenters. The first-order chi connectivity index (χ1) is 9.22. The number of nitrogens with two attached hydrogens (primary N) is 1. The van der Waals surface area contributed by atoms with Crippen molar-refractivity contribution in [1.29, 1.82) is 0 Å². The largest absolute Gasteiger partial charge is 0.370 e. The molecule has 0 aromatic carbocycles. The molecule has 2 saturated heterocycles. The lowest BCUT2D eigenvalue weighted by atomic mass is 9.85. The maximum Gasteiger partial charge on any atom is 0.218 e. The molecule has 6 nitrogen and oxygen atoms in total. The molecule has 0 aromatic rings. The number of primary amides is 1. The van der Waals surface area contributed by atoms with Crippen molar-refractivity contribution in [1.82, 2.24) is 10.2 Å². The van der Waals surface area contributed by atoms with Gasteiger partial charge in [-0.05, 0) is 32.2 Å². The van der Waals surface area contributed by atoms with Crippen LogP contribution < -0.4 is 11.1 Å². The van der Waals surface area contributed by atoms with Gasteiger partial charge in [0.15, 0.2) is 9.84 Å². The minimum Gasteiger partial charge on any atom is -0.370 e. The number of amides is 1. The maximum absolute atomic E-state index is 11.9. The molecule has 20 heavy (non-hydrogen) atoms. The summed E-state index contributed by atoms with van der Waals surface area (Å²) in [5.41, 5.74) is 5.04. The number of fused-ring (bicyclic) bond motifs is 1. The highest BCUT2D eigenvalue weighted by atomic mass is 32.2. The zero-order valence-electron chi connectivity index (χ0n) is 12.3. The molecule has 0 aromatic heterocycles. The Labute approximate surface area is 121 Å². The van der Waals surface area contributed by atoms with Crippen molar-refractivity contribution in [2.45, 2.75) is 25.8 Å². The van der Waals surface area contributed by atoms with Crippen molar-refractivity contribution >= 4 is 15.7 Å². The molecule has 0 saturated carbocycles. The second kappa shape index (κ2) is 5.61. The average Bonchev–Trinajstić information content (AvgIpc) is 2.88. The molecule has 2 aliphatic heterocycles. The summed E-state index contributed by atoms with van der Waals surface area (Å²) < 4.78 is 23.8. The molecule has 116 valence electrons. The summed E-state index contributed by atoms with van der Waals surface area (Å²) >= 11 is 0. The van der Waals surface area contributed by atoms with E-state index in [0.29, 0.717) is 18.4 Å². The normalized spacial score (nSPS) is 29.5. The number of nitrogens with zero attached hydrogens (tertiary/aromatic N) is 1. The number of hydrogen-bond donors (Lipinski definition) is 2. The van der Waals surface area contributed by atoms with Gasteiger partial charge in [-0.25, -0.2) is 8.42 Å². The van der Waals surface area contributed by atoms with Crippen molar-refractivity contribution in [2.24, 2.45) is 17.6 Å². The smallest absolute Gasteiger partial charge is 0.218 e. The summed E-state index contributed by atoms with van der Waals surface area (Å²) in [5, 5.41) is 3.41. The van der Waals surface area contributed by atoms with Crippen LogP contribution in [0.4, 0.5) is 0 Å². The van der Waals surface area contributed by atoms with Crippen molar-refractivity contribution in [2.75, 3.05) is 37.7 Å². The van der Waals surface area contributed by atoms with Crippen LogP contribution in [0.5, 0.6) is 0 Å². The number of hydrogen-bond acceptors (Lipinski definition) is 5. The van der Waals surface area contributed by atoms with Gasteiger partial charge in [-0.3, -0.25) is 9.69 Å². The number of sulfone groups is 1. The van der Waals surface area contributed by atoms with Crippen LogP contribution in [0.2, 0.25) is 0 Å². The molecule has 0 spiro atoms. The number of likely N-dealkylation sites (tertiary alicyclic amines) is 1. The van der Waals surface area contributed by atoms with E-state index in [4.69, 9.17) is 5.73 Å². The summed E-state index contributed by atoms with van der Waals surface area (Å²) in [4.78, 5) is 13.0. The maximum atomic E-state index is 11.9. The van der Waals surface area contributed by atoms with Crippen molar-refractivity contribution in [3.05, 3.63) is 0 Å². The van der Waals surface area contributed by atoms with Crippen molar-refractivity contribution in [3.63, 3.8) is 0 Å². The topological polar surface area (TPSA) is 92.5 Å². The molecule has 2 heterocycles. The molecule has 3 N–H and O–H groups in total. The van der Waals surface area contributed by atoms with Crippen LogP contribution in [0.15, 0.2) is 0 Å². The van der Waals surface area contributed by atoms with Gasteiger partial charge < -0.3 is 11.1 Å². The van der Waals surface area contributed by atoms with E-state index in [1.165, 1.54) is 0 Å². The Morgan fingerprint density at radius 1 is 1.35 bits per heavy atom. The zero-order valence-corrected chi connectivity index (χ0v) is 13.1. The van der Waals surface area contributed by atoms with E-state index in [1.54, 1.807) is 0 Å². The average molecular weight is 303 g/mol. The van der Waals surface area contributed by atoms with Crippen LogP contribution in [0.1, 0.15) is 20.3 Å². The third-order valence-electron chi connectivity index (χ3n) is 4.85. The van der Waals surface area contributed by atoms with Gasteiger partial charge in [0.2, 0.25) is 5.91 Å². The summed E-state index contributed by atoms with van der Waals surface area (Å²) in [6.45, 7) is 7.93. The number of carbonyl (C=O) groups excluding carboxylic acids is 1. The summed E-state index contributed by atoms with van der Waals surface area (Å²) in [7, 11) is -3.20. The Kier molecular flexibility index (Phi) is 4.41. The first-order valence-corrected chi connectivity index (χ1v) is 8.99. The standard InChI is InChI=1S/C13H25N3O3S/c1-13(2)11-8-15-7-10(11)9-16(13)4-6-20(18,19)5-3-12(14)17/h10-11,15H,3-9H2,1-2H3,(H2,14,17). The van der Waals surface area contributed by atoms with Crippen LogP contribution in [0.25, 0.3) is 0 Å². The third-order valence-corrected chi connectivity index (χ3v) is 6.48. The Hall–Kier alpha value is -0.660. The van der Waals surface area contributed by atoms with Gasteiger partial charge >= 0.3 is 0 Å². The first kappa shape index (κ1) is 15.7. The second-order valence-corrected chi connectivity index (χ2v) is 8.80. The van der Waals surface area contributed by atoms with E-state index in [-0.39, 0.29) is 23.5 Å². The Bertz CT molecular complexity index is 475. The molecule has 0 bridgehead atoms. The molecule has 2 fully saturated rings. The van der Waals surface area contributed by atoms with Crippen LogP contribution in [0, 0.1) is 11.8 Å². The van der Waals surface area contributed by atoms with Gasteiger partial charge in [-0.1, -0.05) is 0 Å². The number of nitrogens with one attached hydrogen (secondary N) is 1. The molecule has 0 aliphatic carbocycles. The Balaban J connectivity index is 1.90. The molecular weight excluding hydrogens is 278 g/mol. The van der Waals surface area contributed by atoms with Gasteiger partial charge in [0.1, 0.15) is 0 Å². The van der Waals surface area contributed by atoms with E-state index < -0.39 is 15.7 Å². The van der Waals surface area contributed by atoms with E-state index in [1.807, 2.05) is 0 Å². The SMILES string of the molecule is CC1(C)C2CNCC2CN1CCS(=O)(=O)CCC(N)=O. The summed E-state index contributed by atoms with van der Waals surface area (Å²) in [6.07, 6.45) is -0.0824. The summed E-state index contributed by atoms with van der Waals surface area (Å²) in [6, 6.07) is 0. The van der Waals surface area contributed by atoms with Crippen LogP contribution in [-0.4, -0.2) is 62.4 Å². The van der Waals surface area contributed by atoms with E-state index in [2.05, 4.69) is 24.1 Å². The highest BCUT2D eigenvalue weighted by molar-refractivity contribution is 7.91. The lowest BCUT2D eigenvalue weighted by molar-refractivity contribution is -0.117. The fourth-order valence-electron chi connectivity index (χ4n) is 3.49. The van der Waals surface area contributed by atoms with E-state index in [9.17, 15) is 13.2 Å². The first-order valence-electron chi connectivity index (χ1n) is 7.17. The lowest BCUT2D eigenvalue weighted by Crippen LogP contribution is -2.46. The van der Waals surface area contributed by atoms with Gasteiger partial charge in [-0.15, -0.1) is 0 Å². The van der Waals surface area contributed by atoms with Crippen molar-refractivity contribution in [3.8, 4) is 0 Å².